The number of rotatable bonds is 9. The molecule has 1 aliphatic heterocycles. The molecule has 1 fully saturated rings. The number of carbonyl (C=O) groups is 3. The molecule has 1 aromatic rings. The van der Waals surface area contributed by atoms with Crippen molar-refractivity contribution >= 4 is 17.7 Å². The largest absolute Gasteiger partial charge is 0.461 e. The fourth-order valence-electron chi connectivity index (χ4n) is 3.60. The summed E-state index contributed by atoms with van der Waals surface area (Å²) in [6, 6.07) is 0. The van der Waals surface area contributed by atoms with Crippen LogP contribution in [0.2, 0.25) is 0 Å². The average Bonchev–Trinajstić information content (AvgIpc) is 3.21. The van der Waals surface area contributed by atoms with Crippen LogP contribution in [0.1, 0.15) is 72.1 Å². The number of aryl methyl sites for hydroxylation is 1. The quantitative estimate of drug-likeness (QED) is 0.515. The first-order chi connectivity index (χ1) is 13.2. The van der Waals surface area contributed by atoms with Gasteiger partial charge in [0.05, 0.1) is 19.3 Å². The molecule has 1 amide bonds. The molecule has 7 nitrogen and oxygen atoms in total. The van der Waals surface area contributed by atoms with Gasteiger partial charge in [-0.1, -0.05) is 13.8 Å². The second-order valence-corrected chi connectivity index (χ2v) is 7.78. The minimum Gasteiger partial charge on any atom is -0.461 e. The Morgan fingerprint density at radius 3 is 2.57 bits per heavy atom. The summed E-state index contributed by atoms with van der Waals surface area (Å²) in [7, 11) is 0. The lowest BCUT2D eigenvalue weighted by molar-refractivity contribution is -0.133. The maximum atomic E-state index is 13.0. The van der Waals surface area contributed by atoms with Gasteiger partial charge in [-0.15, -0.1) is 0 Å². The summed E-state index contributed by atoms with van der Waals surface area (Å²) in [5.74, 6) is -0.498. The van der Waals surface area contributed by atoms with Crippen LogP contribution in [0.25, 0.3) is 0 Å². The maximum Gasteiger partial charge on any atom is 0.355 e. The number of hydrogen-bond donors (Lipinski definition) is 1. The second kappa shape index (κ2) is 9.87. The maximum absolute atomic E-state index is 13.0. The van der Waals surface area contributed by atoms with Gasteiger partial charge < -0.3 is 19.4 Å². The molecule has 1 saturated heterocycles. The van der Waals surface area contributed by atoms with E-state index in [1.165, 1.54) is 0 Å². The van der Waals surface area contributed by atoms with E-state index in [1.54, 1.807) is 25.7 Å². The number of nitrogens with zero attached hydrogens (tertiary/aromatic N) is 1. The lowest BCUT2D eigenvalue weighted by Gasteiger charge is -2.26. The van der Waals surface area contributed by atoms with E-state index in [0.717, 1.165) is 12.8 Å². The Morgan fingerprint density at radius 2 is 2.00 bits per heavy atom. The molecule has 1 N–H and O–H groups in total. The molecular formula is C21H32N2O5. The molecule has 0 aliphatic carbocycles. The van der Waals surface area contributed by atoms with Gasteiger partial charge >= 0.3 is 5.97 Å². The highest BCUT2D eigenvalue weighted by molar-refractivity contribution is 6.04. The summed E-state index contributed by atoms with van der Waals surface area (Å²) in [6.45, 7) is 10.5. The van der Waals surface area contributed by atoms with Gasteiger partial charge in [0, 0.05) is 30.8 Å². The van der Waals surface area contributed by atoms with Crippen molar-refractivity contribution in [1.29, 1.82) is 0 Å². The van der Waals surface area contributed by atoms with Gasteiger partial charge in [-0.3, -0.25) is 9.59 Å². The molecule has 28 heavy (non-hydrogen) atoms. The summed E-state index contributed by atoms with van der Waals surface area (Å²) in [5.41, 5.74) is 1.92. The molecule has 0 spiro atoms. The Balaban J connectivity index is 2.20. The third kappa shape index (κ3) is 5.44. The molecule has 0 radical (unpaired) electrons. The number of amides is 1. The van der Waals surface area contributed by atoms with E-state index < -0.39 is 5.97 Å². The standard InChI is InChI=1S/C21H32N2O5/c1-6-27-21(26)20-14(4)19(15(5)22-20)17(24)12-23(18(25)10-13(2)3)11-16-8-7-9-28-16/h13,16,22H,6-12H2,1-5H3/t16-/m0/s1. The van der Waals surface area contributed by atoms with Crippen LogP contribution in [0.5, 0.6) is 0 Å². The molecule has 0 unspecified atom stereocenters. The van der Waals surface area contributed by atoms with Crippen molar-refractivity contribution in [2.45, 2.75) is 60.0 Å². The lowest BCUT2D eigenvalue weighted by atomic mass is 10.0. The van der Waals surface area contributed by atoms with E-state index in [4.69, 9.17) is 9.47 Å². The molecule has 0 bridgehead atoms. The minimum atomic E-state index is -0.478. The van der Waals surface area contributed by atoms with Crippen molar-refractivity contribution in [2.24, 2.45) is 5.92 Å². The molecule has 2 heterocycles. The number of esters is 1. The van der Waals surface area contributed by atoms with Crippen LogP contribution in [0.3, 0.4) is 0 Å². The Morgan fingerprint density at radius 1 is 1.29 bits per heavy atom. The first-order valence-corrected chi connectivity index (χ1v) is 10.0. The van der Waals surface area contributed by atoms with Crippen molar-refractivity contribution in [3.05, 3.63) is 22.5 Å². The highest BCUT2D eigenvalue weighted by Gasteiger charge is 2.28. The summed E-state index contributed by atoms with van der Waals surface area (Å²) in [5, 5.41) is 0. The highest BCUT2D eigenvalue weighted by Crippen LogP contribution is 2.21. The number of hydrogen-bond acceptors (Lipinski definition) is 5. The number of carbonyl (C=O) groups excluding carboxylic acids is 3. The van der Waals surface area contributed by atoms with Crippen molar-refractivity contribution in [3.8, 4) is 0 Å². The number of aromatic nitrogens is 1. The zero-order valence-corrected chi connectivity index (χ0v) is 17.6. The topological polar surface area (TPSA) is 88.7 Å². The zero-order valence-electron chi connectivity index (χ0n) is 17.6. The van der Waals surface area contributed by atoms with E-state index in [1.807, 2.05) is 13.8 Å². The van der Waals surface area contributed by atoms with Gasteiger partial charge in [-0.2, -0.15) is 0 Å². The average molecular weight is 392 g/mol. The van der Waals surface area contributed by atoms with Gasteiger partial charge in [-0.05, 0) is 45.1 Å². The van der Waals surface area contributed by atoms with Gasteiger partial charge in [0.15, 0.2) is 5.78 Å². The van der Waals surface area contributed by atoms with E-state index in [-0.39, 0.29) is 36.9 Å². The minimum absolute atomic E-state index is 0.0206. The molecule has 1 atom stereocenters. The summed E-state index contributed by atoms with van der Waals surface area (Å²) in [4.78, 5) is 42.4. The zero-order chi connectivity index (χ0) is 20.8. The molecule has 0 aromatic carbocycles. The molecule has 7 heteroatoms. The van der Waals surface area contributed by atoms with Crippen molar-refractivity contribution in [1.82, 2.24) is 9.88 Å². The molecule has 1 aliphatic rings. The van der Waals surface area contributed by atoms with Gasteiger partial charge in [0.25, 0.3) is 0 Å². The first-order valence-electron chi connectivity index (χ1n) is 10.0. The van der Waals surface area contributed by atoms with Crippen molar-refractivity contribution < 1.29 is 23.9 Å². The van der Waals surface area contributed by atoms with Crippen LogP contribution in [0, 0.1) is 19.8 Å². The number of H-pyrrole nitrogens is 1. The highest BCUT2D eigenvalue weighted by atomic mass is 16.5. The van der Waals surface area contributed by atoms with Crippen LogP contribution < -0.4 is 0 Å². The van der Waals surface area contributed by atoms with E-state index in [9.17, 15) is 14.4 Å². The molecule has 2 rings (SSSR count). The number of ketones is 1. The second-order valence-electron chi connectivity index (χ2n) is 7.78. The smallest absolute Gasteiger partial charge is 0.355 e. The fraction of sp³-hybridized carbons (Fsp3) is 0.667. The third-order valence-electron chi connectivity index (χ3n) is 4.91. The number of aromatic amines is 1. The number of nitrogens with one attached hydrogen (secondary N) is 1. The van der Waals surface area contributed by atoms with Crippen molar-refractivity contribution in [2.75, 3.05) is 26.3 Å². The lowest BCUT2D eigenvalue weighted by Crippen LogP contribution is -2.41. The van der Waals surface area contributed by atoms with Crippen LogP contribution in [0.15, 0.2) is 0 Å². The van der Waals surface area contributed by atoms with Gasteiger partial charge in [0.2, 0.25) is 5.91 Å². The van der Waals surface area contributed by atoms with Crippen LogP contribution in [0.4, 0.5) is 0 Å². The molecule has 1 aromatic heterocycles. The van der Waals surface area contributed by atoms with Crippen molar-refractivity contribution in [3.63, 3.8) is 0 Å². The Labute approximate surface area is 166 Å². The van der Waals surface area contributed by atoms with E-state index in [2.05, 4.69) is 4.98 Å². The predicted molar refractivity (Wildman–Crippen MR) is 106 cm³/mol. The number of Topliss-reactive ketones (excluding diaryl/α,β-unsaturated/α-hetero) is 1. The van der Waals surface area contributed by atoms with E-state index in [0.29, 0.717) is 42.1 Å². The van der Waals surface area contributed by atoms with Gasteiger partial charge in [-0.25, -0.2) is 4.79 Å². The monoisotopic (exact) mass is 392 g/mol. The fourth-order valence-corrected chi connectivity index (χ4v) is 3.60. The molecule has 0 saturated carbocycles. The Hall–Kier alpha value is -2.15. The summed E-state index contributed by atoms with van der Waals surface area (Å²) >= 11 is 0. The normalized spacial score (nSPS) is 16.4. The Kier molecular flexibility index (Phi) is 7.80. The third-order valence-corrected chi connectivity index (χ3v) is 4.91. The Bertz CT molecular complexity index is 717. The summed E-state index contributed by atoms with van der Waals surface area (Å²) < 4.78 is 10.7. The van der Waals surface area contributed by atoms with Gasteiger partial charge in [0.1, 0.15) is 5.69 Å². The van der Waals surface area contributed by atoms with Crippen LogP contribution in [-0.4, -0.2) is 60.0 Å². The van der Waals surface area contributed by atoms with E-state index >= 15 is 0 Å². The predicted octanol–water partition coefficient (Wildman–Crippen LogP) is 3.04. The molecule has 156 valence electrons. The van der Waals surface area contributed by atoms with Crippen LogP contribution in [-0.2, 0) is 14.3 Å². The molecular weight excluding hydrogens is 360 g/mol. The first kappa shape index (κ1) is 22.1. The number of ether oxygens (including phenoxy) is 2. The summed E-state index contributed by atoms with van der Waals surface area (Å²) in [6.07, 6.45) is 2.24. The SMILES string of the molecule is CCOC(=O)c1[nH]c(C)c(C(=O)CN(C[C@@H]2CCCO2)C(=O)CC(C)C)c1C. The van der Waals surface area contributed by atoms with Crippen LogP contribution >= 0.6 is 0 Å².